The van der Waals surface area contributed by atoms with Gasteiger partial charge in [0.25, 0.3) is 0 Å². The van der Waals surface area contributed by atoms with E-state index in [1.807, 2.05) is 38.2 Å². The summed E-state index contributed by atoms with van der Waals surface area (Å²) in [6.07, 6.45) is 1.78. The highest BCUT2D eigenvalue weighted by atomic mass is 16.5. The van der Waals surface area contributed by atoms with Gasteiger partial charge < -0.3 is 10.1 Å². The lowest BCUT2D eigenvalue weighted by Gasteiger charge is -2.16. The van der Waals surface area contributed by atoms with Gasteiger partial charge >= 0.3 is 0 Å². The largest absolute Gasteiger partial charge is 0.491 e. The number of hydrogen-bond acceptors (Lipinski definition) is 5. The summed E-state index contributed by atoms with van der Waals surface area (Å²) in [4.78, 5) is 8.91. The molecule has 0 radical (unpaired) electrons. The lowest BCUT2D eigenvalue weighted by Crippen LogP contribution is -2.24. The molecular formula is C17H21N5O. The third-order valence-electron chi connectivity index (χ3n) is 3.61. The Hall–Kier alpha value is -2.63. The van der Waals surface area contributed by atoms with Gasteiger partial charge in [-0.05, 0) is 32.9 Å². The first-order valence-corrected chi connectivity index (χ1v) is 7.65. The van der Waals surface area contributed by atoms with Gasteiger partial charge in [-0.3, -0.25) is 4.68 Å². The molecule has 0 saturated heterocycles. The zero-order valence-corrected chi connectivity index (χ0v) is 13.9. The maximum atomic E-state index is 5.82. The minimum Gasteiger partial charge on any atom is -0.491 e. The molecule has 23 heavy (non-hydrogen) atoms. The fourth-order valence-corrected chi connectivity index (χ4v) is 2.37. The Morgan fingerprint density at radius 1 is 1.17 bits per heavy atom. The van der Waals surface area contributed by atoms with Crippen molar-refractivity contribution in [1.82, 2.24) is 19.7 Å². The fourth-order valence-electron chi connectivity index (χ4n) is 2.37. The SMILES string of the molecule is Cc1ccc(OC[C@H](C)Nc2nc(C)nc3c2cnn3C)cc1. The van der Waals surface area contributed by atoms with Crippen LogP contribution in [0.25, 0.3) is 11.0 Å². The third kappa shape index (κ3) is 3.41. The molecule has 1 N–H and O–H groups in total. The second-order valence-corrected chi connectivity index (χ2v) is 5.79. The van der Waals surface area contributed by atoms with Crippen LogP contribution in [0.4, 0.5) is 5.82 Å². The molecule has 3 rings (SSSR count). The Bertz CT molecular complexity index is 810. The Morgan fingerprint density at radius 3 is 2.65 bits per heavy atom. The van der Waals surface area contributed by atoms with Gasteiger partial charge in [-0.25, -0.2) is 9.97 Å². The summed E-state index contributed by atoms with van der Waals surface area (Å²) in [6, 6.07) is 8.15. The van der Waals surface area contributed by atoms with E-state index in [-0.39, 0.29) is 6.04 Å². The summed E-state index contributed by atoms with van der Waals surface area (Å²) in [6.45, 7) is 6.55. The van der Waals surface area contributed by atoms with Crippen molar-refractivity contribution in [3.05, 3.63) is 41.9 Å². The molecule has 0 spiro atoms. The van der Waals surface area contributed by atoms with Gasteiger partial charge in [-0.2, -0.15) is 5.10 Å². The van der Waals surface area contributed by atoms with Crippen LogP contribution in [0.2, 0.25) is 0 Å². The summed E-state index contributed by atoms with van der Waals surface area (Å²) >= 11 is 0. The number of ether oxygens (including phenoxy) is 1. The lowest BCUT2D eigenvalue weighted by atomic mass is 10.2. The number of aryl methyl sites for hydroxylation is 3. The molecular weight excluding hydrogens is 290 g/mol. The maximum Gasteiger partial charge on any atom is 0.163 e. The first kappa shape index (κ1) is 15.3. The van der Waals surface area contributed by atoms with E-state index in [4.69, 9.17) is 4.74 Å². The Kier molecular flexibility index (Phi) is 4.14. The van der Waals surface area contributed by atoms with Crippen molar-refractivity contribution in [3.63, 3.8) is 0 Å². The van der Waals surface area contributed by atoms with E-state index in [0.717, 1.165) is 28.4 Å². The number of benzene rings is 1. The molecule has 0 fully saturated rings. The van der Waals surface area contributed by atoms with Crippen molar-refractivity contribution in [2.45, 2.75) is 26.8 Å². The van der Waals surface area contributed by atoms with Crippen LogP contribution in [0.3, 0.4) is 0 Å². The number of aromatic nitrogens is 4. The van der Waals surface area contributed by atoms with Crippen LogP contribution in [0.5, 0.6) is 5.75 Å². The number of fused-ring (bicyclic) bond motifs is 1. The molecule has 3 aromatic rings. The molecule has 0 amide bonds. The van der Waals surface area contributed by atoms with Crippen LogP contribution in [0, 0.1) is 13.8 Å². The predicted molar refractivity (Wildman–Crippen MR) is 90.8 cm³/mol. The average molecular weight is 311 g/mol. The topological polar surface area (TPSA) is 64.9 Å². The van der Waals surface area contributed by atoms with Gasteiger partial charge in [0.15, 0.2) is 5.65 Å². The van der Waals surface area contributed by atoms with Crippen LogP contribution in [-0.2, 0) is 7.05 Å². The normalized spacial score (nSPS) is 12.3. The molecule has 2 heterocycles. The van der Waals surface area contributed by atoms with Crippen LogP contribution in [0.15, 0.2) is 30.5 Å². The number of nitrogens with zero attached hydrogens (tertiary/aromatic N) is 4. The minimum atomic E-state index is 0.106. The minimum absolute atomic E-state index is 0.106. The van der Waals surface area contributed by atoms with Gasteiger partial charge in [0.2, 0.25) is 0 Å². The standard InChI is InChI=1S/C17H21N5O/c1-11-5-7-14(8-6-11)23-10-12(2)19-16-15-9-18-22(4)17(15)21-13(3)20-16/h5-9,12H,10H2,1-4H3,(H,19,20,21)/t12-/m0/s1. The first-order chi connectivity index (χ1) is 11.0. The highest BCUT2D eigenvalue weighted by Crippen LogP contribution is 2.20. The van der Waals surface area contributed by atoms with Crippen molar-refractivity contribution >= 4 is 16.9 Å². The number of hydrogen-bond donors (Lipinski definition) is 1. The van der Waals surface area contributed by atoms with Crippen molar-refractivity contribution in [3.8, 4) is 5.75 Å². The number of nitrogens with one attached hydrogen (secondary N) is 1. The van der Waals surface area contributed by atoms with E-state index < -0.39 is 0 Å². The van der Waals surface area contributed by atoms with E-state index >= 15 is 0 Å². The van der Waals surface area contributed by atoms with Gasteiger partial charge in [-0.1, -0.05) is 17.7 Å². The Morgan fingerprint density at radius 2 is 1.91 bits per heavy atom. The summed E-state index contributed by atoms with van der Waals surface area (Å²) in [7, 11) is 1.88. The zero-order valence-electron chi connectivity index (χ0n) is 13.9. The van der Waals surface area contributed by atoms with Crippen molar-refractivity contribution < 1.29 is 4.74 Å². The van der Waals surface area contributed by atoms with Gasteiger partial charge in [-0.15, -0.1) is 0 Å². The van der Waals surface area contributed by atoms with E-state index in [2.05, 4.69) is 34.2 Å². The summed E-state index contributed by atoms with van der Waals surface area (Å²) < 4.78 is 7.57. The van der Waals surface area contributed by atoms with E-state index in [1.165, 1.54) is 5.56 Å². The first-order valence-electron chi connectivity index (χ1n) is 7.65. The third-order valence-corrected chi connectivity index (χ3v) is 3.61. The molecule has 1 aromatic carbocycles. The average Bonchev–Trinajstić information content (AvgIpc) is 2.88. The molecule has 0 bridgehead atoms. The number of rotatable bonds is 5. The molecule has 1 atom stereocenters. The van der Waals surface area contributed by atoms with E-state index in [0.29, 0.717) is 6.61 Å². The molecule has 0 unspecified atom stereocenters. The monoisotopic (exact) mass is 311 g/mol. The Labute approximate surface area is 135 Å². The summed E-state index contributed by atoms with van der Waals surface area (Å²) in [5.41, 5.74) is 2.05. The molecule has 0 aliphatic rings. The van der Waals surface area contributed by atoms with Crippen molar-refractivity contribution in [2.24, 2.45) is 7.05 Å². The number of anilines is 1. The fraction of sp³-hybridized carbons (Fsp3) is 0.353. The molecule has 0 aliphatic carbocycles. The summed E-state index contributed by atoms with van der Waals surface area (Å²) in [5, 5.41) is 8.56. The molecule has 0 saturated carbocycles. The Balaban J connectivity index is 1.70. The second-order valence-electron chi connectivity index (χ2n) is 5.79. The van der Waals surface area contributed by atoms with Crippen molar-refractivity contribution in [2.75, 3.05) is 11.9 Å². The van der Waals surface area contributed by atoms with Gasteiger partial charge in [0, 0.05) is 7.05 Å². The second kappa shape index (κ2) is 6.24. The van der Waals surface area contributed by atoms with Gasteiger partial charge in [0.05, 0.1) is 17.6 Å². The maximum absolute atomic E-state index is 5.82. The lowest BCUT2D eigenvalue weighted by molar-refractivity contribution is 0.304. The molecule has 2 aromatic heterocycles. The van der Waals surface area contributed by atoms with E-state index in [1.54, 1.807) is 10.9 Å². The predicted octanol–water partition coefficient (Wildman–Crippen LogP) is 2.86. The highest BCUT2D eigenvalue weighted by molar-refractivity contribution is 5.86. The molecule has 0 aliphatic heterocycles. The van der Waals surface area contributed by atoms with Crippen molar-refractivity contribution in [1.29, 1.82) is 0 Å². The molecule has 120 valence electrons. The highest BCUT2D eigenvalue weighted by Gasteiger charge is 2.12. The summed E-state index contributed by atoms with van der Waals surface area (Å²) in [5.74, 6) is 2.38. The quantitative estimate of drug-likeness (QED) is 0.785. The van der Waals surface area contributed by atoms with Crippen LogP contribution in [-0.4, -0.2) is 32.4 Å². The smallest absolute Gasteiger partial charge is 0.163 e. The molecule has 6 heteroatoms. The molecule has 6 nitrogen and oxygen atoms in total. The van der Waals surface area contributed by atoms with Crippen LogP contribution >= 0.6 is 0 Å². The zero-order chi connectivity index (χ0) is 16.4. The van der Waals surface area contributed by atoms with Gasteiger partial charge in [0.1, 0.15) is 24.0 Å². The van der Waals surface area contributed by atoms with E-state index in [9.17, 15) is 0 Å². The van der Waals surface area contributed by atoms with Crippen LogP contribution in [0.1, 0.15) is 18.3 Å². The van der Waals surface area contributed by atoms with Crippen LogP contribution < -0.4 is 10.1 Å².